The first-order valence-corrected chi connectivity index (χ1v) is 4.19. The van der Waals surface area contributed by atoms with Gasteiger partial charge in [0.05, 0.1) is 19.1 Å². The minimum absolute atomic E-state index is 0.156. The Kier molecular flexibility index (Phi) is 3.88. The Morgan fingerprint density at radius 3 is 2.00 bits per heavy atom. The highest BCUT2D eigenvalue weighted by Crippen LogP contribution is 2.39. The van der Waals surface area contributed by atoms with Gasteiger partial charge in [-0.2, -0.15) is 0 Å². The van der Waals surface area contributed by atoms with E-state index in [0.29, 0.717) is 0 Å². The standard InChI is InChI=1S/C9H19NO3/c1-8(2,3)9(4,6-13-10)7(11)12-5/h6,10H2,1-5H3. The van der Waals surface area contributed by atoms with Crippen LogP contribution in [0.5, 0.6) is 0 Å². The average Bonchev–Trinajstić information content (AvgIpc) is 2.01. The van der Waals surface area contributed by atoms with Gasteiger partial charge in [-0.1, -0.05) is 20.8 Å². The van der Waals surface area contributed by atoms with Gasteiger partial charge in [-0.25, -0.2) is 5.90 Å². The molecular formula is C9H19NO3. The molecule has 0 aliphatic heterocycles. The van der Waals surface area contributed by atoms with E-state index in [1.807, 2.05) is 20.8 Å². The quantitative estimate of drug-likeness (QED) is 0.533. The van der Waals surface area contributed by atoms with Gasteiger partial charge in [0.15, 0.2) is 0 Å². The monoisotopic (exact) mass is 189 g/mol. The lowest BCUT2D eigenvalue weighted by molar-refractivity contribution is -0.164. The van der Waals surface area contributed by atoms with Gasteiger partial charge in [-0.3, -0.25) is 4.79 Å². The Balaban J connectivity index is 4.83. The van der Waals surface area contributed by atoms with Gasteiger partial charge in [0.2, 0.25) is 0 Å². The second-order valence-electron chi connectivity index (χ2n) is 4.38. The van der Waals surface area contributed by atoms with E-state index in [1.54, 1.807) is 6.92 Å². The molecule has 0 spiro atoms. The Hall–Kier alpha value is -0.610. The topological polar surface area (TPSA) is 61.5 Å². The van der Waals surface area contributed by atoms with Crippen LogP contribution in [0.25, 0.3) is 0 Å². The third-order valence-corrected chi connectivity index (χ3v) is 2.66. The Morgan fingerprint density at radius 1 is 1.31 bits per heavy atom. The maximum absolute atomic E-state index is 11.5. The highest BCUT2D eigenvalue weighted by atomic mass is 16.6. The van der Waals surface area contributed by atoms with Gasteiger partial charge < -0.3 is 9.57 Å². The summed E-state index contributed by atoms with van der Waals surface area (Å²) in [5.74, 6) is 4.70. The first-order valence-electron chi connectivity index (χ1n) is 4.19. The second-order valence-corrected chi connectivity index (χ2v) is 4.38. The molecule has 1 atom stereocenters. The van der Waals surface area contributed by atoms with Crippen LogP contribution in [0.3, 0.4) is 0 Å². The molecule has 4 heteroatoms. The van der Waals surface area contributed by atoms with Crippen molar-refractivity contribution in [2.24, 2.45) is 16.7 Å². The highest BCUT2D eigenvalue weighted by molar-refractivity contribution is 5.77. The van der Waals surface area contributed by atoms with Crippen LogP contribution < -0.4 is 5.90 Å². The summed E-state index contributed by atoms with van der Waals surface area (Å²) < 4.78 is 4.72. The van der Waals surface area contributed by atoms with Crippen molar-refractivity contribution in [3.63, 3.8) is 0 Å². The first kappa shape index (κ1) is 12.4. The molecule has 78 valence electrons. The summed E-state index contributed by atoms with van der Waals surface area (Å²) in [4.78, 5) is 16.1. The van der Waals surface area contributed by atoms with E-state index in [-0.39, 0.29) is 18.0 Å². The number of carbonyl (C=O) groups is 1. The van der Waals surface area contributed by atoms with Gasteiger partial charge in [0.25, 0.3) is 0 Å². The zero-order valence-corrected chi connectivity index (χ0v) is 9.01. The fourth-order valence-electron chi connectivity index (χ4n) is 0.974. The lowest BCUT2D eigenvalue weighted by Crippen LogP contribution is -2.45. The van der Waals surface area contributed by atoms with E-state index < -0.39 is 5.41 Å². The van der Waals surface area contributed by atoms with Crippen LogP contribution >= 0.6 is 0 Å². The number of hydrogen-bond donors (Lipinski definition) is 1. The third kappa shape index (κ3) is 2.42. The van der Waals surface area contributed by atoms with Gasteiger partial charge in [0.1, 0.15) is 0 Å². The van der Waals surface area contributed by atoms with Crippen molar-refractivity contribution in [3.05, 3.63) is 0 Å². The summed E-state index contributed by atoms with van der Waals surface area (Å²) in [6.45, 7) is 7.78. The van der Waals surface area contributed by atoms with Crippen molar-refractivity contribution in [1.82, 2.24) is 0 Å². The van der Waals surface area contributed by atoms with Gasteiger partial charge >= 0.3 is 5.97 Å². The summed E-state index contributed by atoms with van der Waals surface area (Å²) in [6.07, 6.45) is 0. The van der Waals surface area contributed by atoms with Gasteiger partial charge in [-0.15, -0.1) is 0 Å². The summed E-state index contributed by atoms with van der Waals surface area (Å²) in [7, 11) is 1.36. The van der Waals surface area contributed by atoms with E-state index in [4.69, 9.17) is 10.6 Å². The van der Waals surface area contributed by atoms with Crippen molar-refractivity contribution >= 4 is 5.97 Å². The van der Waals surface area contributed by atoms with E-state index in [2.05, 4.69) is 4.84 Å². The van der Waals surface area contributed by atoms with E-state index in [9.17, 15) is 4.79 Å². The molecule has 0 amide bonds. The molecular weight excluding hydrogens is 170 g/mol. The maximum atomic E-state index is 11.5. The van der Waals surface area contributed by atoms with Crippen LogP contribution in [0, 0.1) is 10.8 Å². The van der Waals surface area contributed by atoms with Gasteiger partial charge in [0, 0.05) is 0 Å². The molecule has 0 aromatic heterocycles. The predicted molar refractivity (Wildman–Crippen MR) is 49.7 cm³/mol. The summed E-state index contributed by atoms with van der Waals surface area (Å²) in [5, 5.41) is 0. The van der Waals surface area contributed by atoms with Crippen molar-refractivity contribution < 1.29 is 14.4 Å². The molecule has 0 aliphatic rings. The molecule has 1 unspecified atom stereocenters. The minimum Gasteiger partial charge on any atom is -0.469 e. The molecule has 0 aromatic rings. The minimum atomic E-state index is -0.712. The number of methoxy groups -OCH3 is 1. The first-order chi connectivity index (χ1) is 5.79. The van der Waals surface area contributed by atoms with E-state index in [0.717, 1.165) is 0 Å². The normalized spacial score (nSPS) is 16.5. The smallest absolute Gasteiger partial charge is 0.314 e. The van der Waals surface area contributed by atoms with E-state index in [1.165, 1.54) is 7.11 Å². The molecule has 0 fully saturated rings. The lowest BCUT2D eigenvalue weighted by atomic mass is 9.68. The number of rotatable bonds is 3. The Bertz CT molecular complexity index is 186. The zero-order chi connectivity index (χ0) is 10.7. The average molecular weight is 189 g/mol. The number of esters is 1. The van der Waals surface area contributed by atoms with Crippen LogP contribution in [-0.4, -0.2) is 19.7 Å². The number of carbonyl (C=O) groups excluding carboxylic acids is 1. The van der Waals surface area contributed by atoms with Crippen molar-refractivity contribution in [3.8, 4) is 0 Å². The van der Waals surface area contributed by atoms with Crippen LogP contribution in [-0.2, 0) is 14.4 Å². The summed E-state index contributed by atoms with van der Waals surface area (Å²) >= 11 is 0. The highest BCUT2D eigenvalue weighted by Gasteiger charge is 2.45. The fourth-order valence-corrected chi connectivity index (χ4v) is 0.974. The maximum Gasteiger partial charge on any atom is 0.314 e. The second kappa shape index (κ2) is 4.07. The molecule has 0 bridgehead atoms. The molecule has 0 heterocycles. The van der Waals surface area contributed by atoms with Crippen LogP contribution in [0.2, 0.25) is 0 Å². The molecule has 0 aromatic carbocycles. The van der Waals surface area contributed by atoms with Crippen LogP contribution in [0.1, 0.15) is 27.7 Å². The molecule has 0 saturated heterocycles. The molecule has 0 rings (SSSR count). The van der Waals surface area contributed by atoms with Crippen LogP contribution in [0.4, 0.5) is 0 Å². The Morgan fingerprint density at radius 2 is 1.77 bits per heavy atom. The van der Waals surface area contributed by atoms with Crippen LogP contribution in [0.15, 0.2) is 0 Å². The lowest BCUT2D eigenvalue weighted by Gasteiger charge is -2.38. The molecule has 0 aliphatic carbocycles. The largest absolute Gasteiger partial charge is 0.469 e. The van der Waals surface area contributed by atoms with Gasteiger partial charge in [-0.05, 0) is 12.3 Å². The van der Waals surface area contributed by atoms with Crippen molar-refractivity contribution in [2.75, 3.05) is 13.7 Å². The summed E-state index contributed by atoms with van der Waals surface area (Å²) in [6, 6.07) is 0. The molecule has 13 heavy (non-hydrogen) atoms. The van der Waals surface area contributed by atoms with Crippen molar-refractivity contribution in [2.45, 2.75) is 27.7 Å². The predicted octanol–water partition coefficient (Wildman–Crippen LogP) is 1.10. The van der Waals surface area contributed by atoms with E-state index >= 15 is 0 Å². The third-order valence-electron chi connectivity index (χ3n) is 2.66. The molecule has 4 nitrogen and oxygen atoms in total. The Labute approximate surface area is 79.3 Å². The zero-order valence-electron chi connectivity index (χ0n) is 9.01. The SMILES string of the molecule is COC(=O)C(C)(CON)C(C)(C)C. The molecule has 2 N–H and O–H groups in total. The fraction of sp³-hybridized carbons (Fsp3) is 0.889. The number of hydrogen-bond acceptors (Lipinski definition) is 4. The number of ether oxygens (including phenoxy) is 1. The number of nitrogens with two attached hydrogens (primary N) is 1. The summed E-state index contributed by atoms with van der Waals surface area (Å²) in [5.41, 5.74) is -0.962. The molecule has 0 radical (unpaired) electrons. The molecule has 0 saturated carbocycles. The van der Waals surface area contributed by atoms with Crippen molar-refractivity contribution in [1.29, 1.82) is 0 Å².